The van der Waals surface area contributed by atoms with Crippen LogP contribution in [0.15, 0.2) is 0 Å². The van der Waals surface area contributed by atoms with Gasteiger partial charge in [-0.2, -0.15) is 0 Å². The Kier molecular flexibility index (Phi) is 8.38. The summed E-state index contributed by atoms with van der Waals surface area (Å²) in [5, 5.41) is 6.52. The molecule has 6 nitrogen and oxygen atoms in total. The van der Waals surface area contributed by atoms with Crippen LogP contribution in [-0.2, 0) is 14.3 Å². The first-order valence-corrected chi connectivity index (χ1v) is 10.3. The van der Waals surface area contributed by atoms with Gasteiger partial charge in [-0.25, -0.2) is 0 Å². The molecule has 1 unspecified atom stereocenters. The summed E-state index contributed by atoms with van der Waals surface area (Å²) in [6.45, 7) is 6.14. The minimum atomic E-state index is -0.192. The summed E-state index contributed by atoms with van der Waals surface area (Å²) < 4.78 is 5.42. The number of nitrogens with one attached hydrogen (secondary N) is 2. The van der Waals surface area contributed by atoms with Crippen LogP contribution in [0.3, 0.4) is 0 Å². The lowest BCUT2D eigenvalue weighted by molar-refractivity contribution is -0.131. The van der Waals surface area contributed by atoms with Gasteiger partial charge in [0.1, 0.15) is 0 Å². The Labute approximate surface area is 169 Å². The van der Waals surface area contributed by atoms with Gasteiger partial charge in [0.05, 0.1) is 12.5 Å². The number of ether oxygens (including phenoxy) is 1. The highest BCUT2D eigenvalue weighted by Crippen LogP contribution is 2.32. The largest absolute Gasteiger partial charge is 0.384 e. The van der Waals surface area contributed by atoms with Crippen LogP contribution in [0.5, 0.6) is 0 Å². The molecule has 2 saturated heterocycles. The van der Waals surface area contributed by atoms with Crippen LogP contribution in [0, 0.1) is 17.3 Å². The van der Waals surface area contributed by atoms with Crippen LogP contribution in [-0.4, -0.2) is 62.7 Å². The number of likely N-dealkylation sites (tertiary alicyclic amines) is 1. The van der Waals surface area contributed by atoms with Crippen molar-refractivity contribution in [1.82, 2.24) is 15.5 Å². The number of methoxy groups -OCH3 is 1. The van der Waals surface area contributed by atoms with Crippen LogP contribution in [0.2, 0.25) is 0 Å². The summed E-state index contributed by atoms with van der Waals surface area (Å²) in [6, 6.07) is 0.348. The monoisotopic (exact) mass is 401 g/mol. The molecule has 27 heavy (non-hydrogen) atoms. The molecule has 1 saturated carbocycles. The third-order valence-corrected chi connectivity index (χ3v) is 6.71. The van der Waals surface area contributed by atoms with Crippen molar-refractivity contribution in [2.75, 3.05) is 39.9 Å². The zero-order valence-corrected chi connectivity index (χ0v) is 17.6. The van der Waals surface area contributed by atoms with Crippen molar-refractivity contribution in [3.63, 3.8) is 0 Å². The van der Waals surface area contributed by atoms with E-state index in [1.165, 1.54) is 12.8 Å². The summed E-state index contributed by atoms with van der Waals surface area (Å²) in [6.07, 6.45) is 6.96. The molecule has 0 spiro atoms. The van der Waals surface area contributed by atoms with E-state index >= 15 is 0 Å². The Morgan fingerprint density at radius 3 is 2.56 bits per heavy atom. The Morgan fingerprint density at radius 1 is 1.26 bits per heavy atom. The minimum Gasteiger partial charge on any atom is -0.384 e. The van der Waals surface area contributed by atoms with E-state index in [0.717, 1.165) is 44.7 Å². The van der Waals surface area contributed by atoms with Crippen LogP contribution < -0.4 is 10.6 Å². The molecule has 3 fully saturated rings. The molecule has 0 radical (unpaired) electrons. The molecule has 7 heteroatoms. The SMILES string of the molecule is COCC1(CNC(=O)C2CC(=O)N(C3CCC(C)CC3)C2)CCNCC1.Cl. The highest BCUT2D eigenvalue weighted by atomic mass is 35.5. The van der Waals surface area contributed by atoms with E-state index in [1.807, 2.05) is 4.90 Å². The van der Waals surface area contributed by atoms with Crippen LogP contribution in [0.1, 0.15) is 51.9 Å². The lowest BCUT2D eigenvalue weighted by Gasteiger charge is -2.37. The Bertz CT molecular complexity index is 497. The molecule has 0 aromatic heterocycles. The standard InChI is InChI=1S/C20H35N3O3.ClH/c1-15-3-5-17(6-4-15)23-12-16(11-18(23)24)19(25)22-13-20(14-26-2)7-9-21-10-8-20;/h15-17,21H,3-14H2,1-2H3,(H,22,25);1H. The molecular formula is C20H36ClN3O3. The van der Waals surface area contributed by atoms with E-state index in [1.54, 1.807) is 7.11 Å². The summed E-state index contributed by atoms with van der Waals surface area (Å²) in [7, 11) is 1.73. The van der Waals surface area contributed by atoms with Crippen molar-refractivity contribution in [3.8, 4) is 0 Å². The second-order valence-corrected chi connectivity index (χ2v) is 8.76. The van der Waals surface area contributed by atoms with Crippen molar-refractivity contribution in [3.05, 3.63) is 0 Å². The fourth-order valence-electron chi connectivity index (χ4n) is 4.87. The lowest BCUT2D eigenvalue weighted by Crippen LogP contribution is -2.48. The van der Waals surface area contributed by atoms with E-state index in [2.05, 4.69) is 17.6 Å². The lowest BCUT2D eigenvalue weighted by atomic mass is 9.79. The zero-order chi connectivity index (χ0) is 18.6. The zero-order valence-electron chi connectivity index (χ0n) is 16.8. The topological polar surface area (TPSA) is 70.7 Å². The number of rotatable bonds is 6. The van der Waals surface area contributed by atoms with Crippen molar-refractivity contribution < 1.29 is 14.3 Å². The van der Waals surface area contributed by atoms with Gasteiger partial charge in [-0.3, -0.25) is 9.59 Å². The molecule has 1 atom stereocenters. The molecule has 2 N–H and O–H groups in total. The fourth-order valence-corrected chi connectivity index (χ4v) is 4.87. The molecule has 3 aliphatic rings. The van der Waals surface area contributed by atoms with Crippen LogP contribution >= 0.6 is 12.4 Å². The highest BCUT2D eigenvalue weighted by Gasteiger charge is 2.40. The van der Waals surface area contributed by atoms with Crippen molar-refractivity contribution in [1.29, 1.82) is 0 Å². The first kappa shape index (κ1) is 22.4. The Morgan fingerprint density at radius 2 is 1.93 bits per heavy atom. The van der Waals surface area contributed by atoms with Gasteiger partial charge in [-0.1, -0.05) is 6.92 Å². The number of piperidine rings is 1. The normalized spacial score (nSPS) is 30.7. The van der Waals surface area contributed by atoms with Crippen molar-refractivity contribution in [2.24, 2.45) is 17.3 Å². The maximum atomic E-state index is 12.7. The molecular weight excluding hydrogens is 366 g/mol. The number of carbonyl (C=O) groups excluding carboxylic acids is 2. The van der Waals surface area contributed by atoms with Gasteiger partial charge in [-0.05, 0) is 57.5 Å². The Balaban J connectivity index is 0.00000261. The average molecular weight is 402 g/mol. The number of carbonyl (C=O) groups is 2. The van der Waals surface area contributed by atoms with Gasteiger partial charge in [0.15, 0.2) is 0 Å². The number of nitrogens with zero attached hydrogens (tertiary/aromatic N) is 1. The molecule has 2 amide bonds. The Hall–Kier alpha value is -0.850. The second kappa shape index (κ2) is 10.1. The van der Waals surface area contributed by atoms with Gasteiger partial charge < -0.3 is 20.3 Å². The first-order valence-electron chi connectivity index (χ1n) is 10.3. The number of amides is 2. The molecule has 0 bridgehead atoms. The van der Waals surface area contributed by atoms with E-state index < -0.39 is 0 Å². The van der Waals surface area contributed by atoms with Gasteiger partial charge >= 0.3 is 0 Å². The van der Waals surface area contributed by atoms with Gasteiger partial charge in [0.2, 0.25) is 11.8 Å². The predicted molar refractivity (Wildman–Crippen MR) is 108 cm³/mol. The molecule has 156 valence electrons. The number of halogens is 1. The maximum Gasteiger partial charge on any atom is 0.225 e. The summed E-state index contributed by atoms with van der Waals surface area (Å²) in [5.74, 6) is 0.783. The van der Waals surface area contributed by atoms with Gasteiger partial charge in [0.25, 0.3) is 0 Å². The van der Waals surface area contributed by atoms with Crippen molar-refractivity contribution >= 4 is 24.2 Å². The highest BCUT2D eigenvalue weighted by molar-refractivity contribution is 5.89. The van der Waals surface area contributed by atoms with Crippen LogP contribution in [0.4, 0.5) is 0 Å². The van der Waals surface area contributed by atoms with Gasteiger partial charge in [-0.15, -0.1) is 12.4 Å². The third-order valence-electron chi connectivity index (χ3n) is 6.71. The van der Waals surface area contributed by atoms with E-state index in [9.17, 15) is 9.59 Å². The van der Waals surface area contributed by atoms with Crippen molar-refractivity contribution in [2.45, 2.75) is 57.9 Å². The smallest absolute Gasteiger partial charge is 0.225 e. The van der Waals surface area contributed by atoms with E-state index in [-0.39, 0.29) is 35.6 Å². The first-order chi connectivity index (χ1) is 12.5. The molecule has 0 aromatic rings. The number of hydrogen-bond donors (Lipinski definition) is 2. The third kappa shape index (κ3) is 5.58. The number of hydrogen-bond acceptors (Lipinski definition) is 4. The van der Waals surface area contributed by atoms with E-state index in [4.69, 9.17) is 4.74 Å². The molecule has 3 rings (SSSR count). The van der Waals surface area contributed by atoms with Gasteiger partial charge in [0, 0.05) is 38.1 Å². The maximum absolute atomic E-state index is 12.7. The minimum absolute atomic E-state index is 0. The fraction of sp³-hybridized carbons (Fsp3) is 0.900. The van der Waals surface area contributed by atoms with Crippen LogP contribution in [0.25, 0.3) is 0 Å². The molecule has 1 aliphatic carbocycles. The second-order valence-electron chi connectivity index (χ2n) is 8.76. The van der Waals surface area contributed by atoms with E-state index in [0.29, 0.717) is 32.2 Å². The molecule has 0 aromatic carbocycles. The quantitative estimate of drug-likeness (QED) is 0.713. The predicted octanol–water partition coefficient (Wildman–Crippen LogP) is 1.97. The molecule has 2 heterocycles. The summed E-state index contributed by atoms with van der Waals surface area (Å²) in [4.78, 5) is 27.2. The summed E-state index contributed by atoms with van der Waals surface area (Å²) in [5.41, 5.74) is 0.0253. The summed E-state index contributed by atoms with van der Waals surface area (Å²) >= 11 is 0. The molecule has 2 aliphatic heterocycles. The average Bonchev–Trinajstić information content (AvgIpc) is 3.03.